The predicted octanol–water partition coefficient (Wildman–Crippen LogP) is 4.97. The second kappa shape index (κ2) is 9.16. The van der Waals surface area contributed by atoms with E-state index in [1.807, 2.05) is 0 Å². The van der Waals surface area contributed by atoms with Crippen molar-refractivity contribution in [2.75, 3.05) is 34.2 Å². The molecular weight excluding hydrogens is 583 g/mol. The molecule has 0 aromatic carbocycles. The summed E-state index contributed by atoms with van der Waals surface area (Å²) < 4.78 is 247. The molecule has 0 saturated heterocycles. The van der Waals surface area contributed by atoms with Crippen molar-refractivity contribution in [2.45, 2.75) is 53.4 Å². The van der Waals surface area contributed by atoms with Crippen LogP contribution in [0.25, 0.3) is 0 Å². The molecule has 36 heavy (non-hydrogen) atoms. The highest BCUT2D eigenvalue weighted by Gasteiger charge is 2.96. The molecule has 0 unspecified atom stereocenters. The third kappa shape index (κ3) is 5.17. The highest BCUT2D eigenvalue weighted by molar-refractivity contribution is 7.90. The van der Waals surface area contributed by atoms with Crippen LogP contribution in [0.15, 0.2) is 0 Å². The molecule has 1 N–H and O–H groups in total. The molecule has 0 atom stereocenters. The van der Waals surface area contributed by atoms with E-state index in [-0.39, 0.29) is 11.0 Å². The third-order valence-electron chi connectivity index (χ3n) is 4.33. The Bertz CT molecular complexity index is 890. The minimum atomic E-state index is -8.83. The van der Waals surface area contributed by atoms with Crippen molar-refractivity contribution in [3.05, 3.63) is 0 Å². The van der Waals surface area contributed by atoms with Gasteiger partial charge < -0.3 is 4.48 Å². The molecule has 0 aliphatic heterocycles. The summed E-state index contributed by atoms with van der Waals surface area (Å²) in [6.45, 7) is -1.38. The number of rotatable bonds is 12. The van der Waals surface area contributed by atoms with E-state index in [0.717, 1.165) is 0 Å². The molecule has 0 spiro atoms. The third-order valence-corrected chi connectivity index (χ3v) is 5.84. The Hall–Kier alpha value is -1.32. The first kappa shape index (κ1) is 34.7. The Kier molecular flexibility index (Phi) is 8.82. The molecule has 218 valence electrons. The normalized spacial score (nSPS) is 16.4. The molecular formula is C14H16F17N2O2S+. The Morgan fingerprint density at radius 1 is 0.556 bits per heavy atom. The molecule has 4 nitrogen and oxygen atoms in total. The summed E-state index contributed by atoms with van der Waals surface area (Å²) in [5.74, 6) is -51.5. The number of halogens is 17. The summed E-state index contributed by atoms with van der Waals surface area (Å²) in [5, 5.41) is -7.53. The fourth-order valence-electron chi connectivity index (χ4n) is 2.17. The lowest BCUT2D eigenvalue weighted by Gasteiger charge is -2.42. The van der Waals surface area contributed by atoms with Gasteiger partial charge in [0.15, 0.2) is 0 Å². The van der Waals surface area contributed by atoms with Crippen LogP contribution in [0.4, 0.5) is 74.6 Å². The molecule has 0 bridgehead atoms. The second-order valence-corrected chi connectivity index (χ2v) is 10.0. The largest absolute Gasteiger partial charge is 0.460 e. The van der Waals surface area contributed by atoms with E-state index in [4.69, 9.17) is 0 Å². The summed E-state index contributed by atoms with van der Waals surface area (Å²) in [6, 6.07) is 0. The van der Waals surface area contributed by atoms with Gasteiger partial charge in [0.2, 0.25) is 0 Å². The van der Waals surface area contributed by atoms with Gasteiger partial charge in [0.05, 0.1) is 27.7 Å². The highest BCUT2D eigenvalue weighted by atomic mass is 32.2. The minimum absolute atomic E-state index is 0.0234. The first-order valence-electron chi connectivity index (χ1n) is 8.72. The summed E-state index contributed by atoms with van der Waals surface area (Å²) in [5.41, 5.74) is 0. The second-order valence-electron chi connectivity index (χ2n) is 8.23. The van der Waals surface area contributed by atoms with E-state index in [1.54, 1.807) is 0 Å². The fraction of sp³-hybridized carbons (Fsp3) is 1.00. The Morgan fingerprint density at radius 2 is 0.861 bits per heavy atom. The molecule has 0 fully saturated rings. The summed E-state index contributed by atoms with van der Waals surface area (Å²) in [4.78, 5) is 0. The molecule has 0 aliphatic rings. The smallest absolute Gasteiger partial charge is 0.331 e. The van der Waals surface area contributed by atoms with Gasteiger partial charge in [-0.05, 0) is 0 Å². The first-order valence-corrected chi connectivity index (χ1v) is 10.2. The maximum atomic E-state index is 13.8. The Balaban J connectivity index is 6.55. The molecule has 0 aromatic heterocycles. The van der Waals surface area contributed by atoms with Crippen LogP contribution >= 0.6 is 0 Å². The van der Waals surface area contributed by atoms with Gasteiger partial charge in [0, 0.05) is 13.0 Å². The zero-order chi connectivity index (χ0) is 29.8. The number of hydrogen-bond donors (Lipinski definition) is 1. The van der Waals surface area contributed by atoms with E-state index in [9.17, 15) is 83.1 Å². The van der Waals surface area contributed by atoms with Gasteiger partial charge in [-0.25, -0.2) is 13.1 Å². The quantitative estimate of drug-likeness (QED) is 0.196. The van der Waals surface area contributed by atoms with Gasteiger partial charge in [0.25, 0.3) is 10.0 Å². The van der Waals surface area contributed by atoms with Gasteiger partial charge in [-0.2, -0.15) is 74.6 Å². The minimum Gasteiger partial charge on any atom is -0.331 e. The number of quaternary nitrogens is 1. The maximum absolute atomic E-state index is 13.8. The molecule has 0 saturated carbocycles. The van der Waals surface area contributed by atoms with Crippen molar-refractivity contribution in [2.24, 2.45) is 0 Å². The van der Waals surface area contributed by atoms with Crippen molar-refractivity contribution in [3.8, 4) is 0 Å². The van der Waals surface area contributed by atoms with Gasteiger partial charge in [-0.3, -0.25) is 0 Å². The number of alkyl halides is 17. The molecule has 22 heteroatoms. The van der Waals surface area contributed by atoms with Crippen LogP contribution in [-0.4, -0.2) is 94.1 Å². The van der Waals surface area contributed by atoms with Crippen molar-refractivity contribution in [3.63, 3.8) is 0 Å². The van der Waals surface area contributed by atoms with Crippen LogP contribution in [-0.2, 0) is 10.0 Å². The van der Waals surface area contributed by atoms with Crippen LogP contribution in [0.1, 0.15) is 6.42 Å². The number of hydrogen-bond acceptors (Lipinski definition) is 2. The summed E-state index contributed by atoms with van der Waals surface area (Å²) >= 11 is 0. The topological polar surface area (TPSA) is 46.2 Å². The zero-order valence-electron chi connectivity index (χ0n) is 17.7. The number of sulfonamides is 1. The molecule has 0 rings (SSSR count). The SMILES string of the molecule is C[N+](C)(C)CCCNS(=O)(=O)C(F)(F)C(F)(F)C(F)(F)C(F)(F)C(F)(F)C(F)(F)C(F)(F)C(F)(F)F. The van der Waals surface area contributed by atoms with Crippen LogP contribution in [0.2, 0.25) is 0 Å². The molecule has 0 aliphatic carbocycles. The molecule has 0 radical (unpaired) electrons. The summed E-state index contributed by atoms with van der Waals surface area (Å²) in [6.07, 6.45) is -8.37. The van der Waals surface area contributed by atoms with Crippen molar-refractivity contribution in [1.29, 1.82) is 0 Å². The molecule has 0 aromatic rings. The van der Waals surface area contributed by atoms with E-state index < -0.39 is 70.0 Å². The van der Waals surface area contributed by atoms with E-state index in [2.05, 4.69) is 0 Å². The molecule has 0 amide bonds. The van der Waals surface area contributed by atoms with Crippen LogP contribution in [0.3, 0.4) is 0 Å². The highest BCUT2D eigenvalue weighted by Crippen LogP contribution is 2.64. The van der Waals surface area contributed by atoms with E-state index in [0.29, 0.717) is 4.72 Å². The van der Waals surface area contributed by atoms with E-state index >= 15 is 0 Å². The fourth-order valence-corrected chi connectivity index (χ4v) is 3.23. The summed E-state index contributed by atoms with van der Waals surface area (Å²) in [7, 11) is -2.94. The zero-order valence-corrected chi connectivity index (χ0v) is 18.5. The molecule has 0 heterocycles. The van der Waals surface area contributed by atoms with Gasteiger partial charge in [0.1, 0.15) is 0 Å². The monoisotopic (exact) mass is 599 g/mol. The Morgan fingerprint density at radius 3 is 1.17 bits per heavy atom. The number of nitrogens with one attached hydrogen (secondary N) is 1. The maximum Gasteiger partial charge on any atom is 0.460 e. The van der Waals surface area contributed by atoms with Crippen molar-refractivity contribution >= 4 is 10.0 Å². The van der Waals surface area contributed by atoms with Gasteiger partial charge >= 0.3 is 47.0 Å². The average Bonchev–Trinajstić information content (AvgIpc) is 2.62. The predicted molar refractivity (Wildman–Crippen MR) is 85.1 cm³/mol. The number of nitrogens with zero attached hydrogens (tertiary/aromatic N) is 1. The van der Waals surface area contributed by atoms with E-state index in [1.165, 1.54) is 21.1 Å². The standard InChI is InChI=1S/C14H16F17N2O2S/c1-33(2,3)6-4-5-32-36(34,35)14(30,31)12(25,26)10(21,22)8(17,18)7(15,16)9(19,20)11(23,24)13(27,28)29/h32H,4-6H2,1-3H3/q+1. The lowest BCUT2D eigenvalue weighted by Crippen LogP contribution is -2.75. The Labute approximate surface area is 191 Å². The van der Waals surface area contributed by atoms with Gasteiger partial charge in [-0.1, -0.05) is 0 Å². The van der Waals surface area contributed by atoms with Gasteiger partial charge in [-0.15, -0.1) is 0 Å². The van der Waals surface area contributed by atoms with Crippen molar-refractivity contribution < 1.29 is 87.5 Å². The van der Waals surface area contributed by atoms with Crippen LogP contribution < -0.4 is 4.72 Å². The van der Waals surface area contributed by atoms with Crippen LogP contribution in [0.5, 0.6) is 0 Å². The average molecular weight is 599 g/mol. The van der Waals surface area contributed by atoms with Crippen molar-refractivity contribution in [1.82, 2.24) is 4.72 Å². The lowest BCUT2D eigenvalue weighted by molar-refractivity contribution is -0.870. The van der Waals surface area contributed by atoms with Crippen LogP contribution in [0, 0.1) is 0 Å². The lowest BCUT2D eigenvalue weighted by atomic mass is 9.91. The first-order chi connectivity index (χ1) is 15.2.